The lowest BCUT2D eigenvalue weighted by atomic mass is 10.3. The summed E-state index contributed by atoms with van der Waals surface area (Å²) < 4.78 is 39.0. The summed E-state index contributed by atoms with van der Waals surface area (Å²) in [6.45, 7) is 1.93. The van der Waals surface area contributed by atoms with Gasteiger partial charge in [-0.15, -0.1) is 0 Å². The zero-order valence-corrected chi connectivity index (χ0v) is 7.00. The van der Waals surface area contributed by atoms with E-state index in [4.69, 9.17) is 5.11 Å². The average Bonchev–Trinajstić information content (AvgIpc) is 2.36. The molecule has 0 fully saturated rings. The molecule has 0 aromatic heterocycles. The molecule has 0 saturated carbocycles. The predicted molar refractivity (Wildman–Crippen MR) is 42.5 cm³/mol. The number of hydrogen-bond donors (Lipinski definition) is 2. The summed E-state index contributed by atoms with van der Waals surface area (Å²) in [5.74, 6) is 0. The van der Waals surface area contributed by atoms with Crippen LogP contribution in [0.5, 0.6) is 0 Å². The Kier molecular flexibility index (Phi) is 10.4. The molecule has 0 saturated heterocycles. The van der Waals surface area contributed by atoms with Crippen molar-refractivity contribution in [2.24, 2.45) is 4.99 Å². The molecule has 1 aliphatic rings. The van der Waals surface area contributed by atoms with E-state index in [1.807, 2.05) is 11.5 Å². The molecule has 0 radical (unpaired) electrons. The molecule has 0 unspecified atom stereocenters. The summed E-state index contributed by atoms with van der Waals surface area (Å²) in [5, 5.41) is 9.46. The third-order valence-electron chi connectivity index (χ3n) is 0.455. The van der Waals surface area contributed by atoms with Crippen LogP contribution in [-0.4, -0.2) is 25.3 Å². The minimum Gasteiger partial charge on any atom is -0.418 e. The first-order valence-electron chi connectivity index (χ1n) is 3.41. The summed E-state index contributed by atoms with van der Waals surface area (Å²) in [6.07, 6.45) is 5.39. The Labute approximate surface area is 73.3 Å². The van der Waals surface area contributed by atoms with Gasteiger partial charge in [0.25, 0.3) is 0 Å². The predicted octanol–water partition coefficient (Wildman–Crippen LogP) is 0.361. The van der Waals surface area contributed by atoms with E-state index in [2.05, 4.69) is 4.99 Å². The van der Waals surface area contributed by atoms with Gasteiger partial charge in [-0.2, -0.15) is 0 Å². The monoisotopic (exact) mass is 202 g/mol. The minimum atomic E-state index is -6.00. The van der Waals surface area contributed by atoms with Crippen LogP contribution in [0.4, 0.5) is 17.3 Å². The van der Waals surface area contributed by atoms with E-state index in [1.165, 1.54) is 0 Å². The van der Waals surface area contributed by atoms with Crippen LogP contribution >= 0.6 is 0 Å². The lowest BCUT2D eigenvalue weighted by Crippen LogP contribution is -2.74. The number of aliphatic hydroxyl groups excluding tert-OH is 1. The third kappa shape index (κ3) is 54.5. The number of quaternary nitrogens is 1. The Morgan fingerprint density at radius 2 is 1.77 bits per heavy atom. The maximum Gasteiger partial charge on any atom is 0.673 e. The van der Waals surface area contributed by atoms with Gasteiger partial charge < -0.3 is 22.4 Å². The highest BCUT2D eigenvalue weighted by Crippen LogP contribution is 2.06. The summed E-state index contributed by atoms with van der Waals surface area (Å²) >= 11 is 0. The lowest BCUT2D eigenvalue weighted by Gasteiger charge is -1.94. The molecular weight excluding hydrogens is 191 g/mol. The molecule has 3 N–H and O–H groups in total. The molecule has 0 aliphatic carbocycles. The number of hydrogen-bond acceptors (Lipinski definition) is 2. The van der Waals surface area contributed by atoms with E-state index >= 15 is 0 Å². The van der Waals surface area contributed by atoms with Crippen molar-refractivity contribution in [3.8, 4) is 0 Å². The van der Waals surface area contributed by atoms with Crippen LogP contribution < -0.4 is 5.32 Å². The fourth-order valence-electron chi connectivity index (χ4n) is 0.248. The van der Waals surface area contributed by atoms with Crippen LogP contribution in [0.25, 0.3) is 0 Å². The van der Waals surface area contributed by atoms with Crippen LogP contribution in [0.1, 0.15) is 6.92 Å². The Morgan fingerprint density at radius 3 is 1.85 bits per heavy atom. The second-order valence-corrected chi connectivity index (χ2v) is 1.64. The largest absolute Gasteiger partial charge is 0.673 e. The van der Waals surface area contributed by atoms with Crippen molar-refractivity contribution in [3.63, 3.8) is 0 Å². The molecule has 1 rings (SSSR count). The summed E-state index contributed by atoms with van der Waals surface area (Å²) in [7, 11) is -6.00. The first kappa shape index (κ1) is 14.6. The molecule has 0 aromatic carbocycles. The van der Waals surface area contributed by atoms with Gasteiger partial charge in [0.15, 0.2) is 6.34 Å². The van der Waals surface area contributed by atoms with Crippen molar-refractivity contribution in [2.45, 2.75) is 6.92 Å². The van der Waals surface area contributed by atoms with E-state index in [1.54, 1.807) is 19.5 Å². The quantitative estimate of drug-likeness (QED) is 0.432. The Balaban J connectivity index is 0. The van der Waals surface area contributed by atoms with E-state index in [9.17, 15) is 17.3 Å². The zero-order valence-electron chi connectivity index (χ0n) is 7.00. The summed E-state index contributed by atoms with van der Waals surface area (Å²) in [6, 6.07) is 0. The van der Waals surface area contributed by atoms with Crippen LogP contribution in [0.15, 0.2) is 17.4 Å². The van der Waals surface area contributed by atoms with Gasteiger partial charge >= 0.3 is 7.25 Å². The number of rotatable bonds is 0. The van der Waals surface area contributed by atoms with Gasteiger partial charge in [-0.3, -0.25) is 5.32 Å². The number of nitrogens with two attached hydrogens (primary N) is 1. The van der Waals surface area contributed by atoms with E-state index < -0.39 is 7.25 Å². The minimum absolute atomic E-state index is 0.250. The van der Waals surface area contributed by atoms with E-state index in [0.29, 0.717) is 0 Å². The molecule has 0 bridgehead atoms. The number of nitrogens with zero attached hydrogens (tertiary/aromatic N) is 1. The molecule has 0 atom stereocenters. The smallest absolute Gasteiger partial charge is 0.418 e. The van der Waals surface area contributed by atoms with E-state index in [-0.39, 0.29) is 6.61 Å². The number of halogens is 4. The highest BCUT2D eigenvalue weighted by atomic mass is 19.5. The molecule has 1 aliphatic heterocycles. The highest BCUT2D eigenvalue weighted by Gasteiger charge is 2.20. The second-order valence-electron chi connectivity index (χ2n) is 1.64. The van der Waals surface area contributed by atoms with Crippen molar-refractivity contribution < 1.29 is 27.7 Å². The maximum absolute atomic E-state index is 9.75. The maximum atomic E-state index is 9.75. The standard InChI is InChI=1S/C3H4N2.C2H6O.BF4/c1-2-5-3-4-1;1-2-3;2-1(3,4)5/h1-3H,(H,4,5);3H,2H2,1H3;/q;;-1/p+1. The Morgan fingerprint density at radius 1 is 1.38 bits per heavy atom. The van der Waals surface area contributed by atoms with Gasteiger partial charge in [0.05, 0.1) is 6.20 Å². The average molecular weight is 202 g/mol. The first-order valence-corrected chi connectivity index (χ1v) is 3.41. The van der Waals surface area contributed by atoms with Gasteiger partial charge in [0, 0.05) is 6.61 Å². The molecule has 0 amide bonds. The fourth-order valence-corrected chi connectivity index (χ4v) is 0.248. The van der Waals surface area contributed by atoms with Crippen LogP contribution in [0, 0.1) is 0 Å². The molecule has 0 spiro atoms. The molecule has 78 valence electrons. The summed E-state index contributed by atoms with van der Waals surface area (Å²) in [4.78, 5) is 3.72. The Bertz CT molecular complexity index is 143. The summed E-state index contributed by atoms with van der Waals surface area (Å²) in [5.41, 5.74) is 0. The fraction of sp³-hybridized carbons (Fsp3) is 0.400. The molecule has 13 heavy (non-hydrogen) atoms. The normalized spacial score (nSPS) is 12.8. The highest BCUT2D eigenvalue weighted by molar-refractivity contribution is 6.50. The Hall–Kier alpha value is -0.885. The van der Waals surface area contributed by atoms with Gasteiger partial charge in [0.2, 0.25) is 0 Å². The third-order valence-corrected chi connectivity index (χ3v) is 0.455. The first-order chi connectivity index (χ1) is 5.91. The number of aliphatic hydroxyl groups is 1. The van der Waals surface area contributed by atoms with Crippen molar-refractivity contribution in [2.75, 3.05) is 6.61 Å². The van der Waals surface area contributed by atoms with Gasteiger partial charge in [0.1, 0.15) is 6.20 Å². The lowest BCUT2D eigenvalue weighted by molar-refractivity contribution is -0.447. The van der Waals surface area contributed by atoms with Gasteiger partial charge in [-0.1, -0.05) is 0 Å². The molecule has 0 aromatic rings. The van der Waals surface area contributed by atoms with Crippen molar-refractivity contribution in [1.82, 2.24) is 0 Å². The zero-order chi connectivity index (χ0) is 10.7. The van der Waals surface area contributed by atoms with Crippen molar-refractivity contribution in [1.29, 1.82) is 0 Å². The number of aliphatic imine (C=N–C) groups is 1. The second kappa shape index (κ2) is 9.20. The topological polar surface area (TPSA) is 49.2 Å². The van der Waals surface area contributed by atoms with Crippen molar-refractivity contribution in [3.05, 3.63) is 12.4 Å². The van der Waals surface area contributed by atoms with Crippen molar-refractivity contribution >= 4 is 13.6 Å². The molecule has 3 nitrogen and oxygen atoms in total. The van der Waals surface area contributed by atoms with Gasteiger partial charge in [-0.25, -0.2) is 4.99 Å². The molecule has 1 heterocycles. The van der Waals surface area contributed by atoms with Crippen LogP contribution in [0.3, 0.4) is 0 Å². The molecular formula is C5H11BF4N2O. The van der Waals surface area contributed by atoms with E-state index in [0.717, 1.165) is 0 Å². The van der Waals surface area contributed by atoms with Crippen LogP contribution in [0.2, 0.25) is 0 Å². The molecule has 8 heteroatoms. The van der Waals surface area contributed by atoms with Gasteiger partial charge in [-0.05, 0) is 6.92 Å². The SMILES string of the molecule is C1=C[NH2+]C=N1.CCO.F[B-](F)(F)F. The van der Waals surface area contributed by atoms with Crippen LogP contribution in [-0.2, 0) is 0 Å².